The molecular formula is C17H23FN4O2S2. The number of guanidine groups is 1. The lowest BCUT2D eigenvalue weighted by atomic mass is 10.1. The van der Waals surface area contributed by atoms with Gasteiger partial charge in [0.15, 0.2) is 15.8 Å². The van der Waals surface area contributed by atoms with E-state index in [4.69, 9.17) is 0 Å². The molecule has 142 valence electrons. The number of nitrogens with one attached hydrogen (secondary N) is 2. The second-order valence-electron chi connectivity index (χ2n) is 5.90. The number of hydrogen-bond donors (Lipinski definition) is 2. The lowest BCUT2D eigenvalue weighted by Gasteiger charge is -2.11. The number of sulfone groups is 1. The van der Waals surface area contributed by atoms with Crippen molar-refractivity contribution >= 4 is 27.1 Å². The molecule has 2 rings (SSSR count). The number of aliphatic imine (C=N–C) groups is 1. The van der Waals surface area contributed by atoms with Gasteiger partial charge in [0, 0.05) is 23.9 Å². The molecule has 0 fully saturated rings. The Hall–Kier alpha value is -2.00. The van der Waals surface area contributed by atoms with Crippen molar-refractivity contribution < 1.29 is 12.8 Å². The van der Waals surface area contributed by atoms with Crippen molar-refractivity contribution in [2.45, 2.75) is 32.7 Å². The Kier molecular flexibility index (Phi) is 7.10. The largest absolute Gasteiger partial charge is 0.357 e. The van der Waals surface area contributed by atoms with E-state index in [2.05, 4.69) is 20.6 Å². The lowest BCUT2D eigenvalue weighted by Crippen LogP contribution is -2.36. The van der Waals surface area contributed by atoms with Gasteiger partial charge in [-0.2, -0.15) is 0 Å². The maximum Gasteiger partial charge on any atom is 0.191 e. The van der Waals surface area contributed by atoms with Crippen LogP contribution in [0.5, 0.6) is 0 Å². The second kappa shape index (κ2) is 9.09. The minimum absolute atomic E-state index is 0.138. The average Bonchev–Trinajstić information content (AvgIpc) is 2.96. The van der Waals surface area contributed by atoms with Gasteiger partial charge in [-0.3, -0.25) is 0 Å². The number of thiazole rings is 1. The third-order valence-electron chi connectivity index (χ3n) is 3.41. The summed E-state index contributed by atoms with van der Waals surface area (Å²) in [4.78, 5) is 9.87. The molecule has 0 spiro atoms. The first-order valence-electron chi connectivity index (χ1n) is 8.15. The quantitative estimate of drug-likeness (QED) is 0.553. The first-order valence-corrected chi connectivity index (χ1v) is 11.0. The van der Waals surface area contributed by atoms with Gasteiger partial charge in [-0.25, -0.2) is 22.8 Å². The fraction of sp³-hybridized carbons (Fsp3) is 0.412. The van der Waals surface area contributed by atoms with Crippen LogP contribution in [0, 0.1) is 12.7 Å². The highest BCUT2D eigenvalue weighted by Crippen LogP contribution is 2.16. The van der Waals surface area contributed by atoms with Crippen LogP contribution in [0.1, 0.15) is 27.9 Å². The van der Waals surface area contributed by atoms with Crippen LogP contribution in [0.3, 0.4) is 0 Å². The van der Waals surface area contributed by atoms with Gasteiger partial charge in [-0.15, -0.1) is 11.3 Å². The average molecular weight is 399 g/mol. The first kappa shape index (κ1) is 20.3. The zero-order chi connectivity index (χ0) is 19.2. The van der Waals surface area contributed by atoms with E-state index in [-0.39, 0.29) is 12.3 Å². The van der Waals surface area contributed by atoms with E-state index >= 15 is 0 Å². The maximum absolute atomic E-state index is 13.6. The summed E-state index contributed by atoms with van der Waals surface area (Å²) in [6, 6.07) is 4.10. The van der Waals surface area contributed by atoms with Crippen molar-refractivity contribution in [2.75, 3.05) is 12.8 Å². The van der Waals surface area contributed by atoms with Crippen LogP contribution in [-0.4, -0.2) is 32.2 Å². The number of halogens is 1. The number of rotatable bonds is 7. The molecule has 1 aromatic carbocycles. The molecule has 0 unspecified atom stereocenters. The molecule has 1 aromatic heterocycles. The van der Waals surface area contributed by atoms with Crippen molar-refractivity contribution in [3.8, 4) is 0 Å². The Labute approximate surface area is 157 Å². The van der Waals surface area contributed by atoms with Crippen molar-refractivity contribution in [1.29, 1.82) is 0 Å². The van der Waals surface area contributed by atoms with E-state index < -0.39 is 15.7 Å². The summed E-state index contributed by atoms with van der Waals surface area (Å²) in [6.07, 6.45) is 2.97. The fourth-order valence-corrected chi connectivity index (χ4v) is 3.89. The predicted octanol–water partition coefficient (Wildman–Crippen LogP) is 2.39. The normalized spacial score (nSPS) is 12.2. The maximum atomic E-state index is 13.6. The number of nitrogens with zero attached hydrogens (tertiary/aromatic N) is 2. The molecule has 0 aliphatic heterocycles. The van der Waals surface area contributed by atoms with Crippen molar-refractivity contribution in [2.24, 2.45) is 4.99 Å². The van der Waals surface area contributed by atoms with Crippen molar-refractivity contribution in [3.05, 3.63) is 51.2 Å². The summed E-state index contributed by atoms with van der Waals surface area (Å²) in [5.41, 5.74) is 1.11. The number of benzene rings is 1. The smallest absolute Gasteiger partial charge is 0.191 e. The van der Waals surface area contributed by atoms with E-state index in [0.717, 1.165) is 16.1 Å². The number of aromatic nitrogens is 1. The van der Waals surface area contributed by atoms with Gasteiger partial charge in [-0.1, -0.05) is 6.07 Å². The minimum Gasteiger partial charge on any atom is -0.357 e. The molecule has 0 saturated heterocycles. The Morgan fingerprint density at radius 1 is 1.31 bits per heavy atom. The van der Waals surface area contributed by atoms with Crippen LogP contribution in [0.15, 0.2) is 29.4 Å². The monoisotopic (exact) mass is 398 g/mol. The molecule has 6 nitrogen and oxygen atoms in total. The molecule has 0 aliphatic rings. The highest BCUT2D eigenvalue weighted by atomic mass is 32.2. The molecule has 0 radical (unpaired) electrons. The van der Waals surface area contributed by atoms with Gasteiger partial charge in [0.05, 0.1) is 18.8 Å². The van der Waals surface area contributed by atoms with Crippen LogP contribution in [0.2, 0.25) is 0 Å². The summed E-state index contributed by atoms with van der Waals surface area (Å²) in [5.74, 6) is 0.0131. The van der Waals surface area contributed by atoms with Crippen LogP contribution in [0.25, 0.3) is 0 Å². The molecule has 0 saturated carbocycles. The first-order chi connectivity index (χ1) is 12.3. The summed E-state index contributed by atoms with van der Waals surface area (Å²) in [6.45, 7) is 5.32. The third kappa shape index (κ3) is 6.72. The number of aryl methyl sites for hydroxylation is 1. The van der Waals surface area contributed by atoms with Gasteiger partial charge in [0.2, 0.25) is 0 Å². The Balaban J connectivity index is 2.13. The Bertz CT molecular complexity index is 879. The van der Waals surface area contributed by atoms with E-state index in [1.807, 2.05) is 20.0 Å². The van der Waals surface area contributed by atoms with Gasteiger partial charge >= 0.3 is 0 Å². The SMILES string of the molecule is CCNC(=NCc1cc(F)ccc1CS(C)(=O)=O)NCc1ncc(C)s1. The minimum atomic E-state index is -3.21. The van der Waals surface area contributed by atoms with E-state index in [1.54, 1.807) is 11.3 Å². The van der Waals surface area contributed by atoms with Crippen LogP contribution < -0.4 is 10.6 Å². The van der Waals surface area contributed by atoms with Crippen molar-refractivity contribution in [3.63, 3.8) is 0 Å². The molecule has 0 bridgehead atoms. The van der Waals surface area contributed by atoms with Gasteiger partial charge in [-0.05, 0) is 37.1 Å². The molecule has 1 heterocycles. The lowest BCUT2D eigenvalue weighted by molar-refractivity contribution is 0.600. The summed E-state index contributed by atoms with van der Waals surface area (Å²) in [5, 5.41) is 7.23. The zero-order valence-corrected chi connectivity index (χ0v) is 16.7. The zero-order valence-electron chi connectivity index (χ0n) is 15.0. The highest BCUT2D eigenvalue weighted by Gasteiger charge is 2.11. The van der Waals surface area contributed by atoms with E-state index in [1.165, 1.54) is 18.2 Å². The molecule has 0 aliphatic carbocycles. The number of hydrogen-bond acceptors (Lipinski definition) is 5. The Morgan fingerprint density at radius 3 is 2.69 bits per heavy atom. The third-order valence-corrected chi connectivity index (χ3v) is 5.16. The van der Waals surface area contributed by atoms with E-state index in [0.29, 0.717) is 30.2 Å². The fourth-order valence-electron chi connectivity index (χ4n) is 2.31. The summed E-state index contributed by atoms with van der Waals surface area (Å²) in [7, 11) is -3.21. The molecule has 2 N–H and O–H groups in total. The molecule has 2 aromatic rings. The van der Waals surface area contributed by atoms with Gasteiger partial charge in [0.25, 0.3) is 0 Å². The molecule has 0 amide bonds. The molecule has 26 heavy (non-hydrogen) atoms. The van der Waals surface area contributed by atoms with Crippen LogP contribution >= 0.6 is 11.3 Å². The summed E-state index contributed by atoms with van der Waals surface area (Å²) < 4.78 is 36.7. The molecule has 9 heteroatoms. The standard InChI is InChI=1S/C17H23FN4O2S2/c1-4-19-17(22-10-16-20-8-12(2)25-16)21-9-14-7-15(18)6-5-13(14)11-26(3,23)24/h5-8H,4,9-11H2,1-3H3,(H2,19,21,22). The predicted molar refractivity (Wildman–Crippen MR) is 103 cm³/mol. The van der Waals surface area contributed by atoms with Crippen LogP contribution in [0.4, 0.5) is 4.39 Å². The molecule has 0 atom stereocenters. The Morgan fingerprint density at radius 2 is 2.08 bits per heavy atom. The van der Waals surface area contributed by atoms with E-state index in [9.17, 15) is 12.8 Å². The topological polar surface area (TPSA) is 83.5 Å². The van der Waals surface area contributed by atoms with Gasteiger partial charge < -0.3 is 10.6 Å². The summed E-state index contributed by atoms with van der Waals surface area (Å²) >= 11 is 1.60. The second-order valence-corrected chi connectivity index (χ2v) is 9.36. The van der Waals surface area contributed by atoms with Crippen LogP contribution in [-0.2, 0) is 28.7 Å². The van der Waals surface area contributed by atoms with Crippen molar-refractivity contribution in [1.82, 2.24) is 15.6 Å². The van der Waals surface area contributed by atoms with Gasteiger partial charge in [0.1, 0.15) is 10.8 Å². The highest BCUT2D eigenvalue weighted by molar-refractivity contribution is 7.89. The molecular weight excluding hydrogens is 375 g/mol.